The molecule has 1 aliphatic rings. The van der Waals surface area contributed by atoms with Crippen LogP contribution in [0.1, 0.15) is 44.4 Å². The van der Waals surface area contributed by atoms with E-state index < -0.39 is 10.0 Å². The van der Waals surface area contributed by atoms with Crippen LogP contribution >= 0.6 is 11.6 Å². The van der Waals surface area contributed by atoms with Crippen LogP contribution in [0.4, 0.5) is 0 Å². The Morgan fingerprint density at radius 2 is 1.85 bits per heavy atom. The molecule has 9 heteroatoms. The molecule has 1 fully saturated rings. The zero-order valence-corrected chi connectivity index (χ0v) is 16.7. The van der Waals surface area contributed by atoms with Crippen molar-refractivity contribution in [1.29, 1.82) is 0 Å². The van der Waals surface area contributed by atoms with Gasteiger partial charge in [0.05, 0.1) is 10.9 Å². The highest BCUT2D eigenvalue weighted by Gasteiger charge is 2.32. The van der Waals surface area contributed by atoms with Crippen molar-refractivity contribution < 1.29 is 12.9 Å². The highest BCUT2D eigenvalue weighted by Crippen LogP contribution is 2.25. The molecule has 1 saturated heterocycles. The molecule has 7 nitrogen and oxygen atoms in total. The Hall–Kier alpha value is -1.48. The summed E-state index contributed by atoms with van der Waals surface area (Å²) in [5, 5.41) is 4.41. The quantitative estimate of drug-likeness (QED) is 0.770. The molecular formula is C17H23ClN4O3S. The minimum Gasteiger partial charge on any atom is -0.338 e. The molecule has 0 radical (unpaired) electrons. The summed E-state index contributed by atoms with van der Waals surface area (Å²) >= 11 is 5.93. The van der Waals surface area contributed by atoms with Gasteiger partial charge in [0.2, 0.25) is 15.9 Å². The van der Waals surface area contributed by atoms with Crippen molar-refractivity contribution in [3.63, 3.8) is 0 Å². The normalized spacial score (nSPS) is 18.3. The van der Waals surface area contributed by atoms with Crippen molar-refractivity contribution in [1.82, 2.24) is 19.3 Å². The van der Waals surface area contributed by atoms with E-state index in [0.717, 1.165) is 0 Å². The lowest BCUT2D eigenvalue weighted by Gasteiger charge is -2.36. The SMILES string of the molecule is CC(C)c1noc(C(C)N2CCN(S(=O)(=O)c3cccc(Cl)c3)CC2)n1. The third kappa shape index (κ3) is 3.93. The van der Waals surface area contributed by atoms with Gasteiger partial charge in [0.1, 0.15) is 0 Å². The highest BCUT2D eigenvalue weighted by atomic mass is 35.5. The predicted molar refractivity (Wildman–Crippen MR) is 98.6 cm³/mol. The van der Waals surface area contributed by atoms with Gasteiger partial charge in [-0.3, -0.25) is 4.90 Å². The van der Waals surface area contributed by atoms with Crippen molar-refractivity contribution in [3.05, 3.63) is 41.0 Å². The van der Waals surface area contributed by atoms with Gasteiger partial charge in [0.15, 0.2) is 5.82 Å². The van der Waals surface area contributed by atoms with Crippen LogP contribution in [0.25, 0.3) is 0 Å². The monoisotopic (exact) mass is 398 g/mol. The fourth-order valence-electron chi connectivity index (χ4n) is 2.92. The summed E-state index contributed by atoms with van der Waals surface area (Å²) in [7, 11) is -3.53. The second-order valence-electron chi connectivity index (χ2n) is 6.72. The smallest absolute Gasteiger partial charge is 0.243 e. The number of rotatable bonds is 5. The lowest BCUT2D eigenvalue weighted by Crippen LogP contribution is -2.49. The Bertz CT molecular complexity index is 860. The Morgan fingerprint density at radius 3 is 2.42 bits per heavy atom. The average molecular weight is 399 g/mol. The first-order chi connectivity index (χ1) is 12.3. The molecule has 1 aromatic carbocycles. The fraction of sp³-hybridized carbons (Fsp3) is 0.529. The van der Waals surface area contributed by atoms with Gasteiger partial charge in [0.25, 0.3) is 0 Å². The van der Waals surface area contributed by atoms with E-state index >= 15 is 0 Å². The van der Waals surface area contributed by atoms with Crippen LogP contribution in [-0.2, 0) is 10.0 Å². The summed E-state index contributed by atoms with van der Waals surface area (Å²) in [6.07, 6.45) is 0. The van der Waals surface area contributed by atoms with Gasteiger partial charge in [-0.1, -0.05) is 36.7 Å². The lowest BCUT2D eigenvalue weighted by atomic mass is 10.2. The summed E-state index contributed by atoms with van der Waals surface area (Å²) in [5.41, 5.74) is 0. The van der Waals surface area contributed by atoms with Gasteiger partial charge < -0.3 is 4.52 Å². The maximum absolute atomic E-state index is 12.8. The molecule has 1 aromatic heterocycles. The second kappa shape index (κ2) is 7.64. The zero-order valence-electron chi connectivity index (χ0n) is 15.1. The Labute approximate surface area is 159 Å². The Balaban J connectivity index is 1.66. The minimum atomic E-state index is -3.53. The molecule has 142 valence electrons. The van der Waals surface area contributed by atoms with E-state index in [9.17, 15) is 8.42 Å². The predicted octanol–water partition coefficient (Wildman–Crippen LogP) is 2.91. The molecule has 0 spiro atoms. The largest absolute Gasteiger partial charge is 0.338 e. The van der Waals surface area contributed by atoms with Gasteiger partial charge in [-0.05, 0) is 25.1 Å². The lowest BCUT2D eigenvalue weighted by molar-refractivity contribution is 0.124. The van der Waals surface area contributed by atoms with Crippen LogP contribution < -0.4 is 0 Å². The second-order valence-corrected chi connectivity index (χ2v) is 9.09. The number of piperazine rings is 1. The molecule has 26 heavy (non-hydrogen) atoms. The molecule has 2 heterocycles. The molecule has 1 aliphatic heterocycles. The number of nitrogens with zero attached hydrogens (tertiary/aromatic N) is 4. The van der Waals surface area contributed by atoms with E-state index in [4.69, 9.17) is 16.1 Å². The van der Waals surface area contributed by atoms with Crippen LogP contribution in [-0.4, -0.2) is 53.9 Å². The zero-order chi connectivity index (χ0) is 18.9. The summed E-state index contributed by atoms with van der Waals surface area (Å²) in [6.45, 7) is 8.03. The first-order valence-corrected chi connectivity index (χ1v) is 10.4. The van der Waals surface area contributed by atoms with Crippen LogP contribution in [0.3, 0.4) is 0 Å². The average Bonchev–Trinajstić information content (AvgIpc) is 3.11. The van der Waals surface area contributed by atoms with Gasteiger partial charge in [-0.25, -0.2) is 8.42 Å². The van der Waals surface area contributed by atoms with Crippen molar-refractivity contribution in [3.8, 4) is 0 Å². The molecule has 0 aliphatic carbocycles. The molecule has 3 rings (SSSR count). The Morgan fingerprint density at radius 1 is 1.15 bits per heavy atom. The topological polar surface area (TPSA) is 79.5 Å². The number of aromatic nitrogens is 2. The third-order valence-electron chi connectivity index (χ3n) is 4.59. The standard InChI is InChI=1S/C17H23ClN4O3S/c1-12(2)16-19-17(25-20-16)13(3)21-7-9-22(10-8-21)26(23,24)15-6-4-5-14(18)11-15/h4-6,11-13H,7-10H2,1-3H3. The van der Waals surface area contributed by atoms with Crippen molar-refractivity contribution >= 4 is 21.6 Å². The van der Waals surface area contributed by atoms with Gasteiger partial charge >= 0.3 is 0 Å². The van der Waals surface area contributed by atoms with Crippen LogP contribution in [0, 0.1) is 0 Å². The Kier molecular flexibility index (Phi) is 5.67. The van der Waals surface area contributed by atoms with Crippen molar-refractivity contribution in [2.24, 2.45) is 0 Å². The summed E-state index contributed by atoms with van der Waals surface area (Å²) in [6, 6.07) is 6.32. The maximum Gasteiger partial charge on any atom is 0.243 e. The maximum atomic E-state index is 12.8. The first-order valence-electron chi connectivity index (χ1n) is 8.62. The molecule has 0 saturated carbocycles. The van der Waals surface area contributed by atoms with E-state index in [1.165, 1.54) is 10.4 Å². The minimum absolute atomic E-state index is 0.0500. The summed E-state index contributed by atoms with van der Waals surface area (Å²) < 4.78 is 32.4. The molecule has 2 aromatic rings. The molecule has 1 unspecified atom stereocenters. The van der Waals surface area contributed by atoms with Crippen molar-refractivity contribution in [2.45, 2.75) is 37.6 Å². The number of hydrogen-bond acceptors (Lipinski definition) is 6. The van der Waals surface area contributed by atoms with Crippen LogP contribution in [0.15, 0.2) is 33.7 Å². The van der Waals surface area contributed by atoms with Crippen LogP contribution in [0.2, 0.25) is 5.02 Å². The van der Waals surface area contributed by atoms with E-state index in [2.05, 4.69) is 15.0 Å². The molecule has 1 atom stereocenters. The number of halogens is 1. The molecular weight excluding hydrogens is 376 g/mol. The number of benzene rings is 1. The molecule has 0 N–H and O–H groups in total. The fourth-order valence-corrected chi connectivity index (χ4v) is 4.64. The first kappa shape index (κ1) is 19.3. The highest BCUT2D eigenvalue weighted by molar-refractivity contribution is 7.89. The van der Waals surface area contributed by atoms with E-state index in [-0.39, 0.29) is 16.9 Å². The van der Waals surface area contributed by atoms with Gasteiger partial charge in [0, 0.05) is 37.1 Å². The number of sulfonamides is 1. The van der Waals surface area contributed by atoms with E-state index in [1.54, 1.807) is 18.2 Å². The van der Waals surface area contributed by atoms with E-state index in [0.29, 0.717) is 42.9 Å². The van der Waals surface area contributed by atoms with Gasteiger partial charge in [-0.2, -0.15) is 9.29 Å². The van der Waals surface area contributed by atoms with Gasteiger partial charge in [-0.15, -0.1) is 0 Å². The molecule has 0 amide bonds. The van der Waals surface area contributed by atoms with E-state index in [1.807, 2.05) is 20.8 Å². The van der Waals surface area contributed by atoms with Crippen molar-refractivity contribution in [2.75, 3.05) is 26.2 Å². The number of hydrogen-bond donors (Lipinski definition) is 0. The third-order valence-corrected chi connectivity index (χ3v) is 6.72. The molecule has 0 bridgehead atoms. The van der Waals surface area contributed by atoms with Crippen LogP contribution in [0.5, 0.6) is 0 Å². The summed E-state index contributed by atoms with van der Waals surface area (Å²) in [5.74, 6) is 1.47. The summed E-state index contributed by atoms with van der Waals surface area (Å²) in [4.78, 5) is 6.83.